The number of rotatable bonds is 10. The minimum atomic E-state index is -2.35. The summed E-state index contributed by atoms with van der Waals surface area (Å²) in [6.45, 7) is -0.806. The summed E-state index contributed by atoms with van der Waals surface area (Å²) in [5.41, 5.74) is -2.73. The van der Waals surface area contributed by atoms with Gasteiger partial charge in [0.05, 0.1) is 6.61 Å². The van der Waals surface area contributed by atoms with Gasteiger partial charge in [0, 0.05) is 19.3 Å². The number of ketones is 1. The van der Waals surface area contributed by atoms with Crippen molar-refractivity contribution in [3.05, 3.63) is 108 Å². The number of carbonyl (C=O) groups is 1. The molecule has 0 saturated heterocycles. The molecule has 5 heteroatoms. The first-order chi connectivity index (χ1) is 14.9. The molecule has 3 rings (SSSR count). The molecule has 31 heavy (non-hydrogen) atoms. The van der Waals surface area contributed by atoms with Crippen LogP contribution in [0.3, 0.4) is 0 Å². The van der Waals surface area contributed by atoms with E-state index in [-0.39, 0.29) is 19.3 Å². The van der Waals surface area contributed by atoms with Gasteiger partial charge < -0.3 is 20.4 Å². The summed E-state index contributed by atoms with van der Waals surface area (Å²) < 4.78 is 0. The Kier molecular flexibility index (Phi) is 7.36. The molecule has 5 nitrogen and oxygen atoms in total. The molecule has 3 atom stereocenters. The van der Waals surface area contributed by atoms with Gasteiger partial charge in [-0.1, -0.05) is 91.0 Å². The highest BCUT2D eigenvalue weighted by Crippen LogP contribution is 2.35. The monoisotopic (exact) mass is 420 g/mol. The summed E-state index contributed by atoms with van der Waals surface area (Å²) in [4.78, 5) is 13.5. The smallest absolute Gasteiger partial charge is 0.172 e. The van der Waals surface area contributed by atoms with Gasteiger partial charge in [0.1, 0.15) is 11.7 Å². The molecule has 0 aliphatic heterocycles. The van der Waals surface area contributed by atoms with Crippen molar-refractivity contribution >= 4 is 5.78 Å². The summed E-state index contributed by atoms with van der Waals surface area (Å²) in [7, 11) is 0. The molecule has 162 valence electrons. The van der Waals surface area contributed by atoms with Gasteiger partial charge in [-0.3, -0.25) is 4.79 Å². The van der Waals surface area contributed by atoms with Gasteiger partial charge in [0.2, 0.25) is 0 Å². The van der Waals surface area contributed by atoms with E-state index in [4.69, 9.17) is 0 Å². The molecule has 0 fully saturated rings. The zero-order valence-corrected chi connectivity index (χ0v) is 17.3. The van der Waals surface area contributed by atoms with Crippen LogP contribution < -0.4 is 0 Å². The van der Waals surface area contributed by atoms with Crippen molar-refractivity contribution in [3.8, 4) is 0 Å². The quantitative estimate of drug-likeness (QED) is 0.403. The van der Waals surface area contributed by atoms with Crippen LogP contribution in [-0.4, -0.2) is 50.1 Å². The van der Waals surface area contributed by atoms with E-state index in [0.29, 0.717) is 16.7 Å². The molecule has 3 aromatic carbocycles. The highest BCUT2D eigenvalue weighted by molar-refractivity contribution is 5.91. The SMILES string of the molecule is O=C(Cc1ccccc1)[C@@](O)(Cc1ccccc1)[C@@](O)(Cc1ccccc1)[C@@H](O)CO. The number of aliphatic hydroxyl groups is 4. The molecule has 0 amide bonds. The minimum absolute atomic E-state index is 0.126. The molecule has 0 radical (unpaired) electrons. The lowest BCUT2D eigenvalue weighted by Crippen LogP contribution is -2.68. The summed E-state index contributed by atoms with van der Waals surface area (Å²) in [5, 5.41) is 43.9. The van der Waals surface area contributed by atoms with E-state index in [1.165, 1.54) is 0 Å². The van der Waals surface area contributed by atoms with Crippen molar-refractivity contribution in [2.24, 2.45) is 0 Å². The van der Waals surface area contributed by atoms with Crippen LogP contribution in [0.15, 0.2) is 91.0 Å². The fourth-order valence-corrected chi connectivity index (χ4v) is 3.91. The first-order valence-corrected chi connectivity index (χ1v) is 10.3. The van der Waals surface area contributed by atoms with Gasteiger partial charge in [0.15, 0.2) is 11.4 Å². The molecule has 0 saturated carbocycles. The van der Waals surface area contributed by atoms with E-state index >= 15 is 0 Å². The Morgan fingerprint density at radius 3 is 1.58 bits per heavy atom. The molecule has 0 aromatic heterocycles. The number of benzene rings is 3. The molecule has 0 bridgehead atoms. The van der Waals surface area contributed by atoms with Gasteiger partial charge in [0.25, 0.3) is 0 Å². The van der Waals surface area contributed by atoms with E-state index < -0.39 is 29.7 Å². The average molecular weight is 421 g/mol. The maximum atomic E-state index is 13.5. The van der Waals surface area contributed by atoms with Crippen molar-refractivity contribution in [2.75, 3.05) is 6.61 Å². The van der Waals surface area contributed by atoms with E-state index in [1.807, 2.05) is 18.2 Å². The topological polar surface area (TPSA) is 98.0 Å². The lowest BCUT2D eigenvalue weighted by Gasteiger charge is -2.45. The van der Waals surface area contributed by atoms with Crippen molar-refractivity contribution < 1.29 is 25.2 Å². The predicted molar refractivity (Wildman–Crippen MR) is 118 cm³/mol. The molecule has 0 heterocycles. The van der Waals surface area contributed by atoms with Crippen LogP contribution in [0.2, 0.25) is 0 Å². The number of carbonyl (C=O) groups excluding carboxylic acids is 1. The second kappa shape index (κ2) is 9.98. The second-order valence-electron chi connectivity index (χ2n) is 7.89. The summed E-state index contributed by atoms with van der Waals surface area (Å²) in [5.74, 6) is -0.631. The highest BCUT2D eigenvalue weighted by atomic mass is 16.4. The van der Waals surface area contributed by atoms with E-state index in [0.717, 1.165) is 0 Å². The summed E-state index contributed by atoms with van der Waals surface area (Å²) in [6.07, 6.45) is -2.28. The fraction of sp³-hybridized carbons (Fsp3) is 0.269. The van der Waals surface area contributed by atoms with Crippen molar-refractivity contribution in [1.82, 2.24) is 0 Å². The lowest BCUT2D eigenvalue weighted by molar-refractivity contribution is -0.209. The number of aliphatic hydroxyl groups excluding tert-OH is 2. The van der Waals surface area contributed by atoms with E-state index in [9.17, 15) is 25.2 Å². The summed E-state index contributed by atoms with van der Waals surface area (Å²) >= 11 is 0. The minimum Gasteiger partial charge on any atom is -0.394 e. The standard InChI is InChI=1S/C26H28O5/c27-19-24(29)26(31,18-22-14-8-3-9-15-22)25(30,17-21-12-6-2-7-13-21)23(28)16-20-10-4-1-5-11-20/h1-15,24,27,29-31H,16-19H2/t24-,25-,26+/m0/s1. The maximum Gasteiger partial charge on any atom is 0.172 e. The number of Topliss-reactive ketones (excluding diaryl/α,β-unsaturated/α-hetero) is 1. The highest BCUT2D eigenvalue weighted by Gasteiger charge is 2.57. The van der Waals surface area contributed by atoms with Crippen LogP contribution in [0, 0.1) is 0 Å². The molecule has 0 aliphatic rings. The molecule has 0 unspecified atom stereocenters. The average Bonchev–Trinajstić information content (AvgIpc) is 2.80. The first kappa shape index (κ1) is 22.8. The number of hydrogen-bond acceptors (Lipinski definition) is 5. The van der Waals surface area contributed by atoms with Crippen LogP contribution >= 0.6 is 0 Å². The summed E-state index contributed by atoms with van der Waals surface area (Å²) in [6, 6.07) is 26.6. The Hall–Kier alpha value is -2.83. The molecular formula is C26H28O5. The van der Waals surface area contributed by atoms with E-state index in [1.54, 1.807) is 72.8 Å². The molecule has 3 aromatic rings. The molecular weight excluding hydrogens is 392 g/mol. The Morgan fingerprint density at radius 2 is 1.13 bits per heavy atom. The largest absolute Gasteiger partial charge is 0.394 e. The van der Waals surface area contributed by atoms with Gasteiger partial charge in [-0.05, 0) is 16.7 Å². The predicted octanol–water partition coefficient (Wildman–Crippen LogP) is 2.10. The Balaban J connectivity index is 2.07. The van der Waals surface area contributed by atoms with Crippen molar-refractivity contribution in [3.63, 3.8) is 0 Å². The second-order valence-corrected chi connectivity index (χ2v) is 7.89. The third kappa shape index (κ3) is 5.09. The Labute approximate surface area is 182 Å². The normalized spacial score (nSPS) is 16.1. The van der Waals surface area contributed by atoms with Crippen molar-refractivity contribution in [1.29, 1.82) is 0 Å². The van der Waals surface area contributed by atoms with Crippen molar-refractivity contribution in [2.45, 2.75) is 36.6 Å². The van der Waals surface area contributed by atoms with Crippen LogP contribution in [-0.2, 0) is 24.1 Å². The van der Waals surface area contributed by atoms with Gasteiger partial charge in [-0.2, -0.15) is 0 Å². The Bertz CT molecular complexity index is 961. The van der Waals surface area contributed by atoms with E-state index in [2.05, 4.69) is 0 Å². The first-order valence-electron chi connectivity index (χ1n) is 10.3. The third-order valence-corrected chi connectivity index (χ3v) is 5.73. The Morgan fingerprint density at radius 1 is 0.710 bits per heavy atom. The zero-order chi connectivity index (χ0) is 22.3. The maximum absolute atomic E-state index is 13.5. The lowest BCUT2D eigenvalue weighted by atomic mass is 9.68. The molecule has 0 spiro atoms. The van der Waals surface area contributed by atoms with Crippen LogP contribution in [0.5, 0.6) is 0 Å². The number of hydrogen-bond donors (Lipinski definition) is 4. The third-order valence-electron chi connectivity index (χ3n) is 5.73. The molecule has 0 aliphatic carbocycles. The zero-order valence-electron chi connectivity index (χ0n) is 17.3. The van der Waals surface area contributed by atoms with Gasteiger partial charge in [-0.15, -0.1) is 0 Å². The van der Waals surface area contributed by atoms with Gasteiger partial charge >= 0.3 is 0 Å². The van der Waals surface area contributed by atoms with Crippen LogP contribution in [0.4, 0.5) is 0 Å². The van der Waals surface area contributed by atoms with Gasteiger partial charge in [-0.25, -0.2) is 0 Å². The van der Waals surface area contributed by atoms with Crippen LogP contribution in [0.25, 0.3) is 0 Å². The van der Waals surface area contributed by atoms with Crippen LogP contribution in [0.1, 0.15) is 16.7 Å². The molecule has 4 N–H and O–H groups in total. The fourth-order valence-electron chi connectivity index (χ4n) is 3.91.